The second-order valence-electron chi connectivity index (χ2n) is 3.10. The highest BCUT2D eigenvalue weighted by molar-refractivity contribution is 5.96. The molecular formula is C11H14FNO3. The quantitative estimate of drug-likeness (QED) is 0.473. The number of benzene rings is 1. The summed E-state index contributed by atoms with van der Waals surface area (Å²) in [6, 6.07) is 4.82. The van der Waals surface area contributed by atoms with Crippen molar-refractivity contribution in [2.45, 2.75) is 6.42 Å². The lowest BCUT2D eigenvalue weighted by molar-refractivity contribution is 0.0495. The standard InChI is InChI=1S/C11H14FNO3/c1-15-9-5-2-4-8(10(9)13)11(14)16-7-3-6-12/h2,4-5H,3,6-7,13H2,1H3. The largest absolute Gasteiger partial charge is 0.495 e. The third-order valence-corrected chi connectivity index (χ3v) is 2.02. The van der Waals surface area contributed by atoms with Gasteiger partial charge in [-0.15, -0.1) is 0 Å². The smallest absolute Gasteiger partial charge is 0.340 e. The van der Waals surface area contributed by atoms with E-state index in [1.807, 2.05) is 0 Å². The minimum Gasteiger partial charge on any atom is -0.495 e. The van der Waals surface area contributed by atoms with Gasteiger partial charge in [-0.1, -0.05) is 6.07 Å². The summed E-state index contributed by atoms with van der Waals surface area (Å²) in [4.78, 5) is 11.5. The maximum atomic E-state index is 11.8. The van der Waals surface area contributed by atoms with Gasteiger partial charge in [-0.2, -0.15) is 0 Å². The Kier molecular flexibility index (Phi) is 4.57. The molecule has 0 aliphatic rings. The summed E-state index contributed by atoms with van der Waals surface area (Å²) in [6.45, 7) is -0.465. The summed E-state index contributed by atoms with van der Waals surface area (Å²) >= 11 is 0. The molecule has 0 radical (unpaired) electrons. The number of hydrogen-bond donors (Lipinski definition) is 1. The molecule has 0 saturated carbocycles. The fraction of sp³-hybridized carbons (Fsp3) is 0.364. The zero-order valence-corrected chi connectivity index (χ0v) is 9.03. The van der Waals surface area contributed by atoms with E-state index >= 15 is 0 Å². The highest BCUT2D eigenvalue weighted by atomic mass is 19.1. The third kappa shape index (κ3) is 2.85. The van der Waals surface area contributed by atoms with Gasteiger partial charge in [0.05, 0.1) is 31.6 Å². The van der Waals surface area contributed by atoms with Gasteiger partial charge in [0.15, 0.2) is 0 Å². The Balaban J connectivity index is 2.75. The van der Waals surface area contributed by atoms with E-state index in [2.05, 4.69) is 0 Å². The number of halogens is 1. The van der Waals surface area contributed by atoms with E-state index < -0.39 is 12.6 Å². The molecule has 16 heavy (non-hydrogen) atoms. The molecule has 0 spiro atoms. The van der Waals surface area contributed by atoms with Crippen LogP contribution in [0.2, 0.25) is 0 Å². The van der Waals surface area contributed by atoms with Crippen LogP contribution >= 0.6 is 0 Å². The lowest BCUT2D eigenvalue weighted by Gasteiger charge is -2.09. The van der Waals surface area contributed by atoms with Crippen LogP contribution in [0.5, 0.6) is 5.75 Å². The molecule has 2 N–H and O–H groups in total. The van der Waals surface area contributed by atoms with Gasteiger partial charge in [-0.3, -0.25) is 4.39 Å². The Morgan fingerprint density at radius 1 is 1.50 bits per heavy atom. The summed E-state index contributed by atoms with van der Waals surface area (Å²) in [5.41, 5.74) is 6.17. The molecule has 5 heteroatoms. The fourth-order valence-electron chi connectivity index (χ4n) is 1.20. The van der Waals surface area contributed by atoms with Crippen LogP contribution in [0, 0.1) is 0 Å². The number of carbonyl (C=O) groups is 1. The lowest BCUT2D eigenvalue weighted by Crippen LogP contribution is -2.10. The molecule has 0 unspecified atom stereocenters. The molecule has 0 aromatic heterocycles. The number of alkyl halides is 1. The van der Waals surface area contributed by atoms with Crippen molar-refractivity contribution in [2.75, 3.05) is 26.1 Å². The van der Waals surface area contributed by atoms with Crippen LogP contribution in [0.1, 0.15) is 16.8 Å². The Morgan fingerprint density at radius 2 is 2.25 bits per heavy atom. The van der Waals surface area contributed by atoms with Crippen molar-refractivity contribution in [2.24, 2.45) is 0 Å². The number of hydrogen-bond acceptors (Lipinski definition) is 4. The van der Waals surface area contributed by atoms with Gasteiger partial charge < -0.3 is 15.2 Å². The monoisotopic (exact) mass is 227 g/mol. The number of para-hydroxylation sites is 1. The summed E-state index contributed by atoms with van der Waals surface area (Å²) in [5.74, 6) is -0.148. The Hall–Kier alpha value is -1.78. The number of rotatable bonds is 5. The molecule has 0 saturated heterocycles. The van der Waals surface area contributed by atoms with Crippen molar-refractivity contribution >= 4 is 11.7 Å². The Morgan fingerprint density at radius 3 is 2.88 bits per heavy atom. The number of carbonyl (C=O) groups excluding carboxylic acids is 1. The van der Waals surface area contributed by atoms with E-state index in [0.717, 1.165) is 0 Å². The number of methoxy groups -OCH3 is 1. The second-order valence-corrected chi connectivity index (χ2v) is 3.10. The van der Waals surface area contributed by atoms with Crippen LogP contribution in [0.4, 0.5) is 10.1 Å². The van der Waals surface area contributed by atoms with Crippen LogP contribution in [-0.4, -0.2) is 26.4 Å². The molecule has 0 aliphatic carbocycles. The van der Waals surface area contributed by atoms with Gasteiger partial charge in [0.2, 0.25) is 0 Å². The van der Waals surface area contributed by atoms with E-state index in [4.69, 9.17) is 15.2 Å². The van der Waals surface area contributed by atoms with Gasteiger partial charge >= 0.3 is 5.97 Å². The SMILES string of the molecule is COc1cccc(C(=O)OCCCF)c1N. The lowest BCUT2D eigenvalue weighted by atomic mass is 10.1. The van der Waals surface area contributed by atoms with Gasteiger partial charge in [0.25, 0.3) is 0 Å². The van der Waals surface area contributed by atoms with Gasteiger partial charge in [-0.05, 0) is 12.1 Å². The van der Waals surface area contributed by atoms with Crippen molar-refractivity contribution < 1.29 is 18.7 Å². The van der Waals surface area contributed by atoms with Crippen molar-refractivity contribution in [3.05, 3.63) is 23.8 Å². The Bertz CT molecular complexity index is 368. The topological polar surface area (TPSA) is 61.5 Å². The van der Waals surface area contributed by atoms with Crippen LogP contribution in [-0.2, 0) is 4.74 Å². The first kappa shape index (κ1) is 12.3. The van der Waals surface area contributed by atoms with Crippen LogP contribution in [0.15, 0.2) is 18.2 Å². The minimum atomic E-state index is -0.565. The average Bonchev–Trinajstić information content (AvgIpc) is 2.29. The molecule has 0 bridgehead atoms. The highest BCUT2D eigenvalue weighted by Crippen LogP contribution is 2.25. The molecule has 1 aromatic rings. The maximum absolute atomic E-state index is 11.8. The number of nitrogen functional groups attached to an aromatic ring is 1. The molecule has 88 valence electrons. The Labute approximate surface area is 93.2 Å². The normalized spacial score (nSPS) is 9.88. The zero-order valence-electron chi connectivity index (χ0n) is 9.03. The predicted molar refractivity (Wildman–Crippen MR) is 58.3 cm³/mol. The van der Waals surface area contributed by atoms with E-state index in [1.54, 1.807) is 12.1 Å². The molecule has 0 amide bonds. The van der Waals surface area contributed by atoms with E-state index in [0.29, 0.717) is 5.75 Å². The highest BCUT2D eigenvalue weighted by Gasteiger charge is 2.13. The fourth-order valence-corrected chi connectivity index (χ4v) is 1.20. The van der Waals surface area contributed by atoms with Crippen LogP contribution in [0.3, 0.4) is 0 Å². The first-order valence-corrected chi connectivity index (χ1v) is 4.86. The van der Waals surface area contributed by atoms with Crippen LogP contribution in [0.25, 0.3) is 0 Å². The second kappa shape index (κ2) is 5.95. The molecule has 0 atom stereocenters. The molecular weight excluding hydrogens is 213 g/mol. The van der Waals surface area contributed by atoms with Crippen LogP contribution < -0.4 is 10.5 Å². The number of anilines is 1. The molecule has 1 aromatic carbocycles. The maximum Gasteiger partial charge on any atom is 0.340 e. The average molecular weight is 227 g/mol. The number of ether oxygens (including phenoxy) is 2. The van der Waals surface area contributed by atoms with Gasteiger partial charge in [0, 0.05) is 6.42 Å². The third-order valence-electron chi connectivity index (χ3n) is 2.02. The number of nitrogens with two attached hydrogens (primary N) is 1. The van der Waals surface area contributed by atoms with E-state index in [1.165, 1.54) is 13.2 Å². The van der Waals surface area contributed by atoms with Crippen molar-refractivity contribution in [3.8, 4) is 5.75 Å². The van der Waals surface area contributed by atoms with Crippen molar-refractivity contribution in [3.63, 3.8) is 0 Å². The molecule has 4 nitrogen and oxygen atoms in total. The van der Waals surface area contributed by atoms with Gasteiger partial charge in [0.1, 0.15) is 5.75 Å². The molecule has 1 rings (SSSR count). The van der Waals surface area contributed by atoms with Crippen molar-refractivity contribution in [1.82, 2.24) is 0 Å². The van der Waals surface area contributed by atoms with Gasteiger partial charge in [-0.25, -0.2) is 4.79 Å². The molecule has 0 fully saturated rings. The molecule has 0 heterocycles. The summed E-state index contributed by atoms with van der Waals surface area (Å²) in [7, 11) is 1.46. The summed E-state index contributed by atoms with van der Waals surface area (Å²) in [5, 5.41) is 0. The zero-order chi connectivity index (χ0) is 12.0. The van der Waals surface area contributed by atoms with E-state index in [9.17, 15) is 9.18 Å². The van der Waals surface area contributed by atoms with E-state index in [-0.39, 0.29) is 24.3 Å². The number of esters is 1. The first-order chi connectivity index (χ1) is 7.70. The predicted octanol–water partition coefficient (Wildman–Crippen LogP) is 1.79. The summed E-state index contributed by atoms with van der Waals surface area (Å²) in [6.07, 6.45) is 0.190. The minimum absolute atomic E-state index is 0.0476. The first-order valence-electron chi connectivity index (χ1n) is 4.86. The van der Waals surface area contributed by atoms with Crippen molar-refractivity contribution in [1.29, 1.82) is 0 Å². The summed E-state index contributed by atoms with van der Waals surface area (Å²) < 4.78 is 21.6. The molecule has 0 aliphatic heterocycles.